The van der Waals surface area contributed by atoms with E-state index in [0.29, 0.717) is 22.5 Å². The summed E-state index contributed by atoms with van der Waals surface area (Å²) in [6.45, 7) is 5.80. The van der Waals surface area contributed by atoms with E-state index in [-0.39, 0.29) is 23.8 Å². The number of pyridine rings is 1. The number of nitro groups is 1. The SMILES string of the molecule is CC(C)(C)C(=O)Nc1ccc(Cn2c(=O)n(-c3cccc([N+](=O)[O-])c3)c3ncccc32)cc1. The maximum atomic E-state index is 13.4. The molecule has 0 fully saturated rings. The number of hydrogen-bond acceptors (Lipinski definition) is 5. The highest BCUT2D eigenvalue weighted by molar-refractivity contribution is 5.94. The van der Waals surface area contributed by atoms with E-state index in [4.69, 9.17) is 0 Å². The van der Waals surface area contributed by atoms with Gasteiger partial charge in [-0.05, 0) is 35.9 Å². The second-order valence-corrected chi connectivity index (χ2v) is 8.73. The van der Waals surface area contributed by atoms with Crippen LogP contribution in [-0.4, -0.2) is 24.9 Å². The number of carbonyl (C=O) groups is 1. The van der Waals surface area contributed by atoms with Gasteiger partial charge < -0.3 is 5.32 Å². The van der Waals surface area contributed by atoms with Gasteiger partial charge in [0.05, 0.1) is 22.7 Å². The van der Waals surface area contributed by atoms with Crippen LogP contribution in [0.15, 0.2) is 71.7 Å². The number of amides is 1. The number of hydrogen-bond donors (Lipinski definition) is 1. The predicted molar refractivity (Wildman–Crippen MR) is 126 cm³/mol. The van der Waals surface area contributed by atoms with Gasteiger partial charge in [-0.2, -0.15) is 0 Å². The molecule has 33 heavy (non-hydrogen) atoms. The van der Waals surface area contributed by atoms with Crippen LogP contribution in [0.3, 0.4) is 0 Å². The van der Waals surface area contributed by atoms with E-state index >= 15 is 0 Å². The summed E-state index contributed by atoms with van der Waals surface area (Å²) < 4.78 is 2.95. The first-order valence-electron chi connectivity index (χ1n) is 10.4. The van der Waals surface area contributed by atoms with E-state index in [1.165, 1.54) is 22.8 Å². The van der Waals surface area contributed by atoms with Crippen molar-refractivity contribution >= 4 is 28.4 Å². The van der Waals surface area contributed by atoms with E-state index in [1.54, 1.807) is 41.1 Å². The maximum absolute atomic E-state index is 13.4. The van der Waals surface area contributed by atoms with E-state index in [2.05, 4.69) is 10.3 Å². The molecule has 0 atom stereocenters. The number of nitrogens with one attached hydrogen (secondary N) is 1. The minimum absolute atomic E-state index is 0.0856. The van der Waals surface area contributed by atoms with Gasteiger partial charge in [0.25, 0.3) is 5.69 Å². The summed E-state index contributed by atoms with van der Waals surface area (Å²) in [6.07, 6.45) is 1.58. The summed E-state index contributed by atoms with van der Waals surface area (Å²) in [4.78, 5) is 40.6. The molecule has 0 aliphatic carbocycles. The second-order valence-electron chi connectivity index (χ2n) is 8.73. The molecule has 1 amide bonds. The van der Waals surface area contributed by atoms with Crippen molar-refractivity contribution in [1.29, 1.82) is 0 Å². The Morgan fingerprint density at radius 1 is 1.09 bits per heavy atom. The van der Waals surface area contributed by atoms with Gasteiger partial charge in [0.15, 0.2) is 5.65 Å². The zero-order chi connectivity index (χ0) is 23.8. The third-order valence-corrected chi connectivity index (χ3v) is 5.22. The van der Waals surface area contributed by atoms with Crippen LogP contribution in [0.1, 0.15) is 26.3 Å². The quantitative estimate of drug-likeness (QED) is 0.367. The molecule has 4 rings (SSSR count). The molecule has 0 saturated heterocycles. The summed E-state index contributed by atoms with van der Waals surface area (Å²) in [6, 6.07) is 16.7. The molecule has 0 aliphatic heterocycles. The summed E-state index contributed by atoms with van der Waals surface area (Å²) >= 11 is 0. The molecular weight excluding hydrogens is 422 g/mol. The normalized spacial score (nSPS) is 11.5. The smallest absolute Gasteiger partial charge is 0.326 e. The highest BCUT2D eigenvalue weighted by Crippen LogP contribution is 2.21. The lowest BCUT2D eigenvalue weighted by molar-refractivity contribution is -0.384. The Balaban J connectivity index is 1.71. The summed E-state index contributed by atoms with van der Waals surface area (Å²) in [5.74, 6) is -0.0856. The van der Waals surface area contributed by atoms with Crippen molar-refractivity contribution in [3.8, 4) is 5.69 Å². The zero-order valence-corrected chi connectivity index (χ0v) is 18.5. The third kappa shape index (κ3) is 4.38. The van der Waals surface area contributed by atoms with E-state index in [9.17, 15) is 19.7 Å². The van der Waals surface area contributed by atoms with Gasteiger partial charge in [-0.3, -0.25) is 19.5 Å². The zero-order valence-electron chi connectivity index (χ0n) is 18.5. The number of nitrogens with zero attached hydrogens (tertiary/aromatic N) is 4. The highest BCUT2D eigenvalue weighted by Gasteiger charge is 2.21. The van der Waals surface area contributed by atoms with Crippen LogP contribution in [-0.2, 0) is 11.3 Å². The first-order chi connectivity index (χ1) is 15.6. The van der Waals surface area contributed by atoms with Crippen molar-refractivity contribution in [3.05, 3.63) is 93.0 Å². The number of fused-ring (bicyclic) bond motifs is 1. The lowest BCUT2D eigenvalue weighted by Gasteiger charge is -2.17. The standard InChI is InChI=1S/C24H23N5O4/c1-24(2,3)22(30)26-17-11-9-16(10-12-17)15-27-20-8-5-13-25-21(20)28(23(27)31)18-6-4-7-19(14-18)29(32)33/h4-14H,15H2,1-3H3,(H,26,30). The topological polar surface area (TPSA) is 112 Å². The predicted octanol–water partition coefficient (Wildman–Crippen LogP) is 4.13. The molecule has 0 bridgehead atoms. The molecule has 9 nitrogen and oxygen atoms in total. The Morgan fingerprint density at radius 2 is 1.82 bits per heavy atom. The number of aromatic nitrogens is 3. The molecule has 0 aliphatic rings. The van der Waals surface area contributed by atoms with Crippen LogP contribution >= 0.6 is 0 Å². The lowest BCUT2D eigenvalue weighted by atomic mass is 9.95. The van der Waals surface area contributed by atoms with Crippen LogP contribution in [0.25, 0.3) is 16.9 Å². The van der Waals surface area contributed by atoms with E-state index in [1.807, 2.05) is 32.9 Å². The number of nitro benzene ring substituents is 1. The molecule has 0 saturated carbocycles. The van der Waals surface area contributed by atoms with Gasteiger partial charge >= 0.3 is 5.69 Å². The molecule has 0 unspecified atom stereocenters. The average Bonchev–Trinajstić information content (AvgIpc) is 3.06. The average molecular weight is 445 g/mol. The summed E-state index contributed by atoms with van der Waals surface area (Å²) in [7, 11) is 0. The van der Waals surface area contributed by atoms with Crippen molar-refractivity contribution in [1.82, 2.24) is 14.1 Å². The number of rotatable bonds is 5. The monoisotopic (exact) mass is 445 g/mol. The van der Waals surface area contributed by atoms with Gasteiger partial charge in [-0.15, -0.1) is 0 Å². The van der Waals surface area contributed by atoms with Crippen LogP contribution in [0.5, 0.6) is 0 Å². The Morgan fingerprint density at radius 3 is 2.48 bits per heavy atom. The summed E-state index contributed by atoms with van der Waals surface area (Å²) in [5, 5.41) is 14.1. The fourth-order valence-corrected chi connectivity index (χ4v) is 3.41. The van der Waals surface area contributed by atoms with E-state index in [0.717, 1.165) is 5.56 Å². The minimum Gasteiger partial charge on any atom is -0.326 e. The molecular formula is C24H23N5O4. The minimum atomic E-state index is -0.507. The molecule has 2 aromatic heterocycles. The largest absolute Gasteiger partial charge is 0.335 e. The van der Waals surface area contributed by atoms with Crippen LogP contribution < -0.4 is 11.0 Å². The highest BCUT2D eigenvalue weighted by atomic mass is 16.6. The molecule has 9 heteroatoms. The van der Waals surface area contributed by atoms with E-state index < -0.39 is 10.3 Å². The fourth-order valence-electron chi connectivity index (χ4n) is 3.41. The number of anilines is 1. The van der Waals surface area contributed by atoms with Crippen molar-refractivity contribution in [2.45, 2.75) is 27.3 Å². The van der Waals surface area contributed by atoms with Gasteiger partial charge in [-0.25, -0.2) is 14.3 Å². The molecule has 168 valence electrons. The third-order valence-electron chi connectivity index (χ3n) is 5.22. The fraction of sp³-hybridized carbons (Fsp3) is 0.208. The van der Waals surface area contributed by atoms with Gasteiger partial charge in [0, 0.05) is 29.4 Å². The van der Waals surface area contributed by atoms with Crippen molar-refractivity contribution in [2.75, 3.05) is 5.32 Å². The van der Waals surface area contributed by atoms with Gasteiger partial charge in [0.1, 0.15) is 0 Å². The maximum Gasteiger partial charge on any atom is 0.335 e. The Kier molecular flexibility index (Phi) is 5.55. The van der Waals surface area contributed by atoms with Crippen molar-refractivity contribution < 1.29 is 9.72 Å². The number of non-ortho nitro benzene ring substituents is 1. The molecule has 1 N–H and O–H groups in total. The lowest BCUT2D eigenvalue weighted by Crippen LogP contribution is -2.27. The Hall–Kier alpha value is -4.27. The molecule has 4 aromatic rings. The van der Waals surface area contributed by atoms with Crippen molar-refractivity contribution in [2.24, 2.45) is 5.41 Å². The molecule has 0 spiro atoms. The van der Waals surface area contributed by atoms with Crippen LogP contribution in [0.4, 0.5) is 11.4 Å². The number of carbonyl (C=O) groups excluding carboxylic acids is 1. The molecule has 0 radical (unpaired) electrons. The molecule has 2 heterocycles. The first kappa shape index (κ1) is 21.9. The second kappa shape index (κ2) is 8.34. The Labute approximate surface area is 189 Å². The Bertz CT molecular complexity index is 1410. The van der Waals surface area contributed by atoms with Crippen molar-refractivity contribution in [3.63, 3.8) is 0 Å². The van der Waals surface area contributed by atoms with Gasteiger partial charge in [-0.1, -0.05) is 39.0 Å². The number of imidazole rings is 1. The summed E-state index contributed by atoms with van der Waals surface area (Å²) in [5.41, 5.74) is 1.96. The van der Waals surface area contributed by atoms with Crippen LogP contribution in [0, 0.1) is 15.5 Å². The van der Waals surface area contributed by atoms with Gasteiger partial charge in [0.2, 0.25) is 5.91 Å². The number of benzene rings is 2. The first-order valence-corrected chi connectivity index (χ1v) is 10.4. The molecule has 2 aromatic carbocycles. The van der Waals surface area contributed by atoms with Crippen LogP contribution in [0.2, 0.25) is 0 Å².